The van der Waals surface area contributed by atoms with Crippen LogP contribution in [0.1, 0.15) is 0 Å². The maximum atomic E-state index is 6.66. The van der Waals surface area contributed by atoms with Crippen molar-refractivity contribution in [2.24, 2.45) is 0 Å². The van der Waals surface area contributed by atoms with E-state index in [2.05, 4.69) is 91.0 Å². The summed E-state index contributed by atoms with van der Waals surface area (Å²) in [6.45, 7) is 0. The highest BCUT2D eigenvalue weighted by molar-refractivity contribution is 6.12. The molecule has 6 heteroatoms. The van der Waals surface area contributed by atoms with Gasteiger partial charge in [0.2, 0.25) is 5.89 Å². The van der Waals surface area contributed by atoms with Gasteiger partial charge in [0.15, 0.2) is 23.1 Å². The van der Waals surface area contributed by atoms with E-state index in [4.69, 9.17) is 28.8 Å². The molecular formula is C46H26N4O2. The molecule has 11 rings (SSSR count). The average molecular weight is 667 g/mol. The van der Waals surface area contributed by atoms with Gasteiger partial charge < -0.3 is 8.83 Å². The Morgan fingerprint density at radius 1 is 0.365 bits per heavy atom. The molecule has 3 aromatic heterocycles. The summed E-state index contributed by atoms with van der Waals surface area (Å²) in [7, 11) is 0. The van der Waals surface area contributed by atoms with Crippen molar-refractivity contribution in [3.05, 3.63) is 158 Å². The average Bonchev–Trinajstić information content (AvgIpc) is 3.83. The summed E-state index contributed by atoms with van der Waals surface area (Å²) in [6, 6.07) is 53.6. The lowest BCUT2D eigenvalue weighted by Gasteiger charge is -2.11. The third-order valence-corrected chi connectivity index (χ3v) is 9.91. The van der Waals surface area contributed by atoms with Gasteiger partial charge in [-0.15, -0.1) is 0 Å². The van der Waals surface area contributed by atoms with Crippen LogP contribution >= 0.6 is 0 Å². The fraction of sp³-hybridized carbons (Fsp3) is 0. The van der Waals surface area contributed by atoms with E-state index >= 15 is 0 Å². The number of fused-ring (bicyclic) bond motifs is 8. The lowest BCUT2D eigenvalue weighted by atomic mass is 10.0. The third-order valence-electron chi connectivity index (χ3n) is 9.91. The van der Waals surface area contributed by atoms with E-state index in [9.17, 15) is 0 Å². The first-order chi connectivity index (χ1) is 25.7. The smallest absolute Gasteiger partial charge is 0.227 e. The van der Waals surface area contributed by atoms with E-state index in [1.807, 2.05) is 66.7 Å². The van der Waals surface area contributed by atoms with Gasteiger partial charge in [-0.2, -0.15) is 0 Å². The van der Waals surface area contributed by atoms with Gasteiger partial charge in [-0.1, -0.05) is 121 Å². The predicted octanol–water partition coefficient (Wildman–Crippen LogP) is 12.0. The van der Waals surface area contributed by atoms with Crippen LogP contribution in [0.2, 0.25) is 0 Å². The molecule has 8 aromatic carbocycles. The molecule has 3 heterocycles. The molecule has 0 aliphatic rings. The summed E-state index contributed by atoms with van der Waals surface area (Å²) in [4.78, 5) is 20.7. The second kappa shape index (κ2) is 11.2. The summed E-state index contributed by atoms with van der Waals surface area (Å²) >= 11 is 0. The second-order valence-corrected chi connectivity index (χ2v) is 13.0. The first kappa shape index (κ1) is 28.6. The highest BCUT2D eigenvalue weighted by Crippen LogP contribution is 2.40. The summed E-state index contributed by atoms with van der Waals surface area (Å²) in [6.07, 6.45) is 0. The molecule has 0 saturated carbocycles. The summed E-state index contributed by atoms with van der Waals surface area (Å²) in [5, 5.41) is 8.48. The van der Waals surface area contributed by atoms with Crippen LogP contribution in [0.25, 0.3) is 111 Å². The number of furan rings is 1. The second-order valence-electron chi connectivity index (χ2n) is 13.0. The van der Waals surface area contributed by atoms with Gasteiger partial charge in [0.05, 0.1) is 0 Å². The van der Waals surface area contributed by atoms with Crippen molar-refractivity contribution in [2.75, 3.05) is 0 Å². The molecule has 0 spiro atoms. The number of para-hydroxylation sites is 1. The molecule has 0 fully saturated rings. The SMILES string of the molecule is c1ccc2cc(-c3nc(-c4cc5ccccc5c5oc(-c6ccc7ccccc7c6)nc45)nc(-c4cccc5oc6ccccc6c45)n3)ccc2c1. The van der Waals surface area contributed by atoms with E-state index in [0.717, 1.165) is 76.5 Å². The fourth-order valence-electron chi connectivity index (χ4n) is 7.39. The van der Waals surface area contributed by atoms with Crippen LogP contribution in [0.5, 0.6) is 0 Å². The highest BCUT2D eigenvalue weighted by Gasteiger charge is 2.22. The zero-order chi connectivity index (χ0) is 34.2. The van der Waals surface area contributed by atoms with Crippen molar-refractivity contribution >= 4 is 65.4 Å². The summed E-state index contributed by atoms with van der Waals surface area (Å²) in [5.41, 5.74) is 6.38. The van der Waals surface area contributed by atoms with Gasteiger partial charge in [0.25, 0.3) is 0 Å². The Morgan fingerprint density at radius 2 is 0.962 bits per heavy atom. The molecule has 0 amide bonds. The van der Waals surface area contributed by atoms with Crippen molar-refractivity contribution in [1.29, 1.82) is 0 Å². The van der Waals surface area contributed by atoms with E-state index < -0.39 is 0 Å². The minimum Gasteiger partial charge on any atom is -0.456 e. The quantitative estimate of drug-likeness (QED) is 0.186. The van der Waals surface area contributed by atoms with E-state index in [1.165, 1.54) is 0 Å². The van der Waals surface area contributed by atoms with E-state index in [-0.39, 0.29) is 0 Å². The first-order valence-electron chi connectivity index (χ1n) is 17.2. The Bertz CT molecular complexity index is 3210. The topological polar surface area (TPSA) is 77.8 Å². The minimum absolute atomic E-state index is 0.507. The molecule has 242 valence electrons. The van der Waals surface area contributed by atoms with Crippen LogP contribution in [-0.4, -0.2) is 19.9 Å². The van der Waals surface area contributed by atoms with Gasteiger partial charge in [0, 0.05) is 38.4 Å². The maximum Gasteiger partial charge on any atom is 0.227 e. The van der Waals surface area contributed by atoms with Gasteiger partial charge in [-0.05, 0) is 63.3 Å². The van der Waals surface area contributed by atoms with Crippen LogP contribution in [0.3, 0.4) is 0 Å². The Kier molecular flexibility index (Phi) is 6.15. The van der Waals surface area contributed by atoms with Crippen LogP contribution in [0.4, 0.5) is 0 Å². The monoisotopic (exact) mass is 666 g/mol. The van der Waals surface area contributed by atoms with E-state index in [0.29, 0.717) is 34.5 Å². The molecule has 0 N–H and O–H groups in total. The molecule has 0 bridgehead atoms. The Labute approximate surface area is 296 Å². The van der Waals surface area contributed by atoms with Crippen molar-refractivity contribution in [1.82, 2.24) is 19.9 Å². The van der Waals surface area contributed by atoms with Crippen molar-refractivity contribution in [3.8, 4) is 45.6 Å². The largest absolute Gasteiger partial charge is 0.456 e. The highest BCUT2D eigenvalue weighted by atomic mass is 16.3. The molecule has 11 aromatic rings. The van der Waals surface area contributed by atoms with Gasteiger partial charge in [-0.25, -0.2) is 19.9 Å². The first-order valence-corrected chi connectivity index (χ1v) is 17.2. The molecule has 0 saturated heterocycles. The lowest BCUT2D eigenvalue weighted by molar-refractivity contribution is 0.623. The van der Waals surface area contributed by atoms with Crippen LogP contribution in [0, 0.1) is 0 Å². The zero-order valence-corrected chi connectivity index (χ0v) is 27.6. The van der Waals surface area contributed by atoms with Crippen LogP contribution < -0.4 is 0 Å². The molecule has 0 aliphatic carbocycles. The molecule has 6 nitrogen and oxygen atoms in total. The molecule has 52 heavy (non-hydrogen) atoms. The standard InChI is InChI=1S/C46H26N4O2/c1-3-12-29-24-32(22-20-27(29)10-1)43-48-44(36-17-9-19-39-40(36)35-16-7-8-18-38(35)51-39)50-45(49-43)37-26-31-14-5-6-15-34(31)42-41(37)47-46(52-42)33-23-21-28-11-2-4-13-30(28)25-33/h1-26H. The summed E-state index contributed by atoms with van der Waals surface area (Å²) in [5.74, 6) is 2.16. The van der Waals surface area contributed by atoms with Crippen LogP contribution in [0.15, 0.2) is 167 Å². The zero-order valence-electron chi connectivity index (χ0n) is 27.6. The Morgan fingerprint density at radius 3 is 1.75 bits per heavy atom. The number of rotatable bonds is 4. The molecule has 0 unspecified atom stereocenters. The number of hydrogen-bond acceptors (Lipinski definition) is 6. The molecule has 0 aliphatic heterocycles. The number of nitrogens with zero attached hydrogens (tertiary/aromatic N) is 4. The van der Waals surface area contributed by atoms with E-state index in [1.54, 1.807) is 0 Å². The molecular weight excluding hydrogens is 641 g/mol. The van der Waals surface area contributed by atoms with Crippen molar-refractivity contribution in [3.63, 3.8) is 0 Å². The van der Waals surface area contributed by atoms with Crippen LogP contribution in [-0.2, 0) is 0 Å². The van der Waals surface area contributed by atoms with Crippen molar-refractivity contribution < 1.29 is 8.83 Å². The Balaban J connectivity index is 1.19. The van der Waals surface area contributed by atoms with Gasteiger partial charge in [0.1, 0.15) is 16.7 Å². The van der Waals surface area contributed by atoms with Gasteiger partial charge >= 0.3 is 0 Å². The normalized spacial score (nSPS) is 11.8. The Hall–Kier alpha value is -7.18. The molecule has 0 radical (unpaired) electrons. The number of hydrogen-bond donors (Lipinski definition) is 0. The number of benzene rings is 8. The third kappa shape index (κ3) is 4.51. The fourth-order valence-corrected chi connectivity index (χ4v) is 7.39. The predicted molar refractivity (Wildman–Crippen MR) is 209 cm³/mol. The summed E-state index contributed by atoms with van der Waals surface area (Å²) < 4.78 is 12.9. The molecule has 0 atom stereocenters. The maximum absolute atomic E-state index is 6.66. The lowest BCUT2D eigenvalue weighted by Crippen LogP contribution is -2.01. The van der Waals surface area contributed by atoms with Crippen molar-refractivity contribution in [2.45, 2.75) is 0 Å². The minimum atomic E-state index is 0.507. The number of oxazole rings is 1. The van der Waals surface area contributed by atoms with Gasteiger partial charge in [-0.3, -0.25) is 0 Å². The number of aromatic nitrogens is 4.